The average molecular weight is 373 g/mol. The van der Waals surface area contributed by atoms with Gasteiger partial charge in [-0.25, -0.2) is 4.98 Å². The zero-order valence-corrected chi connectivity index (χ0v) is 15.4. The molecule has 0 bridgehead atoms. The van der Waals surface area contributed by atoms with Crippen LogP contribution in [0.1, 0.15) is 24.1 Å². The summed E-state index contributed by atoms with van der Waals surface area (Å²) in [5.41, 5.74) is 3.37. The van der Waals surface area contributed by atoms with Crippen LogP contribution in [0.4, 0.5) is 0 Å². The second-order valence-corrected chi connectivity index (χ2v) is 7.49. The average Bonchev–Trinajstić information content (AvgIpc) is 3.29. The number of benzene rings is 1. The summed E-state index contributed by atoms with van der Waals surface area (Å²) in [6, 6.07) is 12.4. The summed E-state index contributed by atoms with van der Waals surface area (Å²) in [5.74, 6) is -0.756. The number of rotatable bonds is 9. The van der Waals surface area contributed by atoms with E-state index >= 15 is 0 Å². The lowest BCUT2D eigenvalue weighted by Crippen LogP contribution is -2.31. The van der Waals surface area contributed by atoms with Crippen LogP contribution in [0.2, 0.25) is 0 Å². The summed E-state index contributed by atoms with van der Waals surface area (Å²) in [7, 11) is 0. The van der Waals surface area contributed by atoms with Crippen LogP contribution in [-0.4, -0.2) is 22.1 Å². The fourth-order valence-corrected chi connectivity index (χ4v) is 4.16. The van der Waals surface area contributed by atoms with Crippen molar-refractivity contribution in [2.75, 3.05) is 0 Å². The standard InChI is InChI=1S/C19H20N2O2S2/c22-18(23)7-6-16(10-14-4-2-1-3-5-14)20-11-17-13-25-19(21-17)15-8-9-24-12-15/h1-5,8-9,12-13,16,20H,6-7,10-11H2,(H,22,23). The minimum atomic E-state index is -0.756. The summed E-state index contributed by atoms with van der Waals surface area (Å²) >= 11 is 3.31. The van der Waals surface area contributed by atoms with Crippen LogP contribution in [0.5, 0.6) is 0 Å². The lowest BCUT2D eigenvalue weighted by Gasteiger charge is -2.17. The van der Waals surface area contributed by atoms with Gasteiger partial charge >= 0.3 is 5.97 Å². The predicted octanol–water partition coefficient (Wildman–Crippen LogP) is 4.44. The SMILES string of the molecule is O=C(O)CCC(Cc1ccccc1)NCc1csc(-c2ccsc2)n1. The second-order valence-electron chi connectivity index (χ2n) is 5.86. The highest BCUT2D eigenvalue weighted by atomic mass is 32.1. The molecule has 0 aliphatic carbocycles. The van der Waals surface area contributed by atoms with Crippen LogP contribution in [0, 0.1) is 0 Å². The first-order valence-electron chi connectivity index (χ1n) is 8.17. The summed E-state index contributed by atoms with van der Waals surface area (Å²) in [6.45, 7) is 0.651. The summed E-state index contributed by atoms with van der Waals surface area (Å²) in [5, 5.41) is 19.7. The fraction of sp³-hybridized carbons (Fsp3) is 0.263. The van der Waals surface area contributed by atoms with Gasteiger partial charge in [-0.15, -0.1) is 11.3 Å². The van der Waals surface area contributed by atoms with Crippen LogP contribution in [0.3, 0.4) is 0 Å². The molecule has 4 nitrogen and oxygen atoms in total. The maximum absolute atomic E-state index is 10.9. The van der Waals surface area contributed by atoms with E-state index in [1.54, 1.807) is 22.7 Å². The van der Waals surface area contributed by atoms with E-state index in [2.05, 4.69) is 44.6 Å². The molecule has 3 rings (SSSR count). The van der Waals surface area contributed by atoms with Crippen molar-refractivity contribution >= 4 is 28.6 Å². The molecule has 0 saturated carbocycles. The van der Waals surface area contributed by atoms with Crippen LogP contribution in [0.15, 0.2) is 52.5 Å². The van der Waals surface area contributed by atoms with E-state index in [0.29, 0.717) is 13.0 Å². The largest absolute Gasteiger partial charge is 0.481 e. The molecule has 1 unspecified atom stereocenters. The molecule has 1 aromatic carbocycles. The Morgan fingerprint density at radius 2 is 2.04 bits per heavy atom. The molecule has 0 aliphatic rings. The number of nitrogens with one attached hydrogen (secondary N) is 1. The third-order valence-corrected chi connectivity index (χ3v) is 5.55. The number of hydrogen-bond acceptors (Lipinski definition) is 5. The minimum absolute atomic E-state index is 0.116. The molecule has 2 N–H and O–H groups in total. The van der Waals surface area contributed by atoms with Crippen molar-refractivity contribution < 1.29 is 9.90 Å². The highest BCUT2D eigenvalue weighted by Gasteiger charge is 2.13. The van der Waals surface area contributed by atoms with E-state index in [9.17, 15) is 4.79 Å². The van der Waals surface area contributed by atoms with Crippen molar-refractivity contribution in [1.82, 2.24) is 10.3 Å². The van der Waals surface area contributed by atoms with Crippen molar-refractivity contribution in [2.24, 2.45) is 0 Å². The van der Waals surface area contributed by atoms with E-state index < -0.39 is 5.97 Å². The second kappa shape index (κ2) is 8.89. The molecule has 0 amide bonds. The zero-order chi connectivity index (χ0) is 17.5. The van der Waals surface area contributed by atoms with Crippen molar-refractivity contribution in [3.8, 4) is 10.6 Å². The molecule has 3 aromatic rings. The van der Waals surface area contributed by atoms with E-state index in [-0.39, 0.29) is 12.5 Å². The number of carboxylic acids is 1. The van der Waals surface area contributed by atoms with Gasteiger partial charge in [0.05, 0.1) is 5.69 Å². The van der Waals surface area contributed by atoms with Gasteiger partial charge in [0.15, 0.2) is 0 Å². The van der Waals surface area contributed by atoms with Gasteiger partial charge in [-0.05, 0) is 29.9 Å². The van der Waals surface area contributed by atoms with Crippen molar-refractivity contribution in [2.45, 2.75) is 31.8 Å². The van der Waals surface area contributed by atoms with Gasteiger partial charge in [-0.2, -0.15) is 11.3 Å². The summed E-state index contributed by atoms with van der Waals surface area (Å²) < 4.78 is 0. The van der Waals surface area contributed by atoms with E-state index in [0.717, 1.165) is 22.7 Å². The molecule has 6 heteroatoms. The lowest BCUT2D eigenvalue weighted by molar-refractivity contribution is -0.137. The Morgan fingerprint density at radius 3 is 2.76 bits per heavy atom. The fourth-order valence-electron chi connectivity index (χ4n) is 2.63. The van der Waals surface area contributed by atoms with Crippen LogP contribution in [0.25, 0.3) is 10.6 Å². The Labute approximate surface area is 155 Å². The number of hydrogen-bond donors (Lipinski definition) is 2. The molecule has 25 heavy (non-hydrogen) atoms. The predicted molar refractivity (Wildman–Crippen MR) is 103 cm³/mol. The molecule has 2 aromatic heterocycles. The molecule has 130 valence electrons. The Bertz CT molecular complexity index is 785. The number of carbonyl (C=O) groups is 1. The number of aromatic nitrogens is 1. The molecule has 0 radical (unpaired) electrons. The smallest absolute Gasteiger partial charge is 0.303 e. The van der Waals surface area contributed by atoms with E-state index in [4.69, 9.17) is 5.11 Å². The van der Waals surface area contributed by atoms with Crippen molar-refractivity contribution in [3.05, 3.63) is 63.8 Å². The quantitative estimate of drug-likeness (QED) is 0.583. The highest BCUT2D eigenvalue weighted by Crippen LogP contribution is 2.25. The maximum atomic E-state index is 10.9. The summed E-state index contributed by atoms with van der Waals surface area (Å²) in [4.78, 5) is 15.6. The topological polar surface area (TPSA) is 62.2 Å². The van der Waals surface area contributed by atoms with Crippen LogP contribution < -0.4 is 5.32 Å². The van der Waals surface area contributed by atoms with Crippen molar-refractivity contribution in [3.63, 3.8) is 0 Å². The first-order valence-corrected chi connectivity index (χ1v) is 9.99. The number of carboxylic acid groups (broad SMARTS) is 1. The first-order chi connectivity index (χ1) is 12.2. The molecule has 2 heterocycles. The van der Waals surface area contributed by atoms with Gasteiger partial charge in [0.2, 0.25) is 0 Å². The van der Waals surface area contributed by atoms with Gasteiger partial charge in [0.25, 0.3) is 0 Å². The Hall–Kier alpha value is -2.02. The van der Waals surface area contributed by atoms with Crippen LogP contribution in [-0.2, 0) is 17.8 Å². The Kier molecular flexibility index (Phi) is 6.33. The molecule has 0 aliphatic heterocycles. The van der Waals surface area contributed by atoms with Gasteiger partial charge in [-0.1, -0.05) is 30.3 Å². The molecular formula is C19H20N2O2S2. The monoisotopic (exact) mass is 372 g/mol. The number of aliphatic carboxylic acids is 1. The normalized spacial score (nSPS) is 12.2. The number of nitrogens with zero attached hydrogens (tertiary/aromatic N) is 1. The number of thiazole rings is 1. The minimum Gasteiger partial charge on any atom is -0.481 e. The highest BCUT2D eigenvalue weighted by molar-refractivity contribution is 7.14. The zero-order valence-electron chi connectivity index (χ0n) is 13.7. The van der Waals surface area contributed by atoms with Gasteiger partial charge in [0, 0.05) is 35.3 Å². The molecular weight excluding hydrogens is 352 g/mol. The lowest BCUT2D eigenvalue weighted by atomic mass is 10.0. The Balaban J connectivity index is 1.60. The van der Waals surface area contributed by atoms with Gasteiger partial charge < -0.3 is 10.4 Å². The first kappa shape index (κ1) is 17.8. The Morgan fingerprint density at radius 1 is 1.20 bits per heavy atom. The molecule has 0 spiro atoms. The third kappa shape index (κ3) is 5.49. The molecule has 0 saturated heterocycles. The van der Waals surface area contributed by atoms with Crippen LogP contribution >= 0.6 is 22.7 Å². The molecule has 0 fully saturated rings. The van der Waals surface area contributed by atoms with Gasteiger partial charge in [0.1, 0.15) is 5.01 Å². The summed E-state index contributed by atoms with van der Waals surface area (Å²) in [6.07, 6.45) is 1.59. The van der Waals surface area contributed by atoms with Crippen molar-refractivity contribution in [1.29, 1.82) is 0 Å². The van der Waals surface area contributed by atoms with E-state index in [1.165, 1.54) is 5.56 Å². The van der Waals surface area contributed by atoms with Gasteiger partial charge in [-0.3, -0.25) is 4.79 Å². The molecule has 1 atom stereocenters. The van der Waals surface area contributed by atoms with E-state index in [1.807, 2.05) is 18.2 Å². The number of thiophene rings is 1. The third-order valence-electron chi connectivity index (χ3n) is 3.92. The maximum Gasteiger partial charge on any atom is 0.303 e.